The molecule has 0 atom stereocenters. The molecule has 0 bridgehead atoms. The minimum absolute atomic E-state index is 0.0726. The Kier molecular flexibility index (Phi) is 5.10. The number of aromatic nitrogens is 3. The summed E-state index contributed by atoms with van der Waals surface area (Å²) in [7, 11) is 0. The number of para-hydroxylation sites is 1. The van der Waals surface area contributed by atoms with Crippen molar-refractivity contribution in [2.24, 2.45) is 0 Å². The van der Waals surface area contributed by atoms with Gasteiger partial charge in [-0.05, 0) is 42.5 Å². The molecule has 6 nitrogen and oxygen atoms in total. The van der Waals surface area contributed by atoms with E-state index in [2.05, 4.69) is 15.3 Å². The molecular formula is C23H16Cl2N4O2. The number of ether oxygens (including phenoxy) is 1. The maximum Gasteiger partial charge on any atom is 0.253 e. The molecular weight excluding hydrogens is 435 g/mol. The molecule has 0 spiro atoms. The zero-order valence-electron chi connectivity index (χ0n) is 16.2. The van der Waals surface area contributed by atoms with Crippen LogP contribution in [0.5, 0.6) is 11.5 Å². The van der Waals surface area contributed by atoms with E-state index < -0.39 is 0 Å². The molecule has 2 aromatic carbocycles. The van der Waals surface area contributed by atoms with E-state index in [1.165, 1.54) is 0 Å². The fraction of sp³-hybridized carbons (Fsp3) is 0.0870. The van der Waals surface area contributed by atoms with E-state index in [1.807, 2.05) is 30.3 Å². The zero-order valence-corrected chi connectivity index (χ0v) is 17.7. The monoisotopic (exact) mass is 450 g/mol. The lowest BCUT2D eigenvalue weighted by Gasteiger charge is -2.12. The second-order valence-electron chi connectivity index (χ2n) is 7.02. The van der Waals surface area contributed by atoms with E-state index in [0.29, 0.717) is 50.7 Å². The molecule has 0 saturated carbocycles. The van der Waals surface area contributed by atoms with Crippen molar-refractivity contribution in [3.63, 3.8) is 0 Å². The number of carbonyl (C=O) groups is 1. The lowest BCUT2D eigenvalue weighted by atomic mass is 10.1. The van der Waals surface area contributed by atoms with Crippen LogP contribution in [0.3, 0.4) is 0 Å². The van der Waals surface area contributed by atoms with Crippen LogP contribution in [-0.4, -0.2) is 27.4 Å². The molecule has 0 unspecified atom stereocenters. The second kappa shape index (κ2) is 8.06. The molecule has 2 aromatic heterocycles. The average Bonchev–Trinajstić information content (AvgIpc) is 3.22. The van der Waals surface area contributed by atoms with Crippen molar-refractivity contribution >= 4 is 29.1 Å². The van der Waals surface area contributed by atoms with Gasteiger partial charge < -0.3 is 15.0 Å². The Hall–Kier alpha value is -3.35. The molecule has 0 fully saturated rings. The Morgan fingerprint density at radius 1 is 0.968 bits per heavy atom. The Morgan fingerprint density at radius 3 is 2.68 bits per heavy atom. The van der Waals surface area contributed by atoms with E-state index >= 15 is 0 Å². The van der Waals surface area contributed by atoms with Gasteiger partial charge in [0.25, 0.3) is 5.91 Å². The summed E-state index contributed by atoms with van der Waals surface area (Å²) < 4.78 is 6.04. The molecule has 0 radical (unpaired) electrons. The van der Waals surface area contributed by atoms with Gasteiger partial charge in [0.05, 0.1) is 27.5 Å². The van der Waals surface area contributed by atoms with Crippen molar-refractivity contribution in [1.29, 1.82) is 0 Å². The first-order valence-electron chi connectivity index (χ1n) is 9.64. The van der Waals surface area contributed by atoms with Gasteiger partial charge in [0.1, 0.15) is 11.5 Å². The highest BCUT2D eigenvalue weighted by atomic mass is 35.5. The summed E-state index contributed by atoms with van der Waals surface area (Å²) in [4.78, 5) is 24.5. The van der Waals surface area contributed by atoms with Crippen LogP contribution in [0.25, 0.3) is 22.8 Å². The Bertz CT molecular complexity index is 1300. The van der Waals surface area contributed by atoms with Crippen molar-refractivity contribution in [2.45, 2.75) is 6.42 Å². The number of hydrogen-bond acceptors (Lipinski definition) is 4. The highest BCUT2D eigenvalue weighted by molar-refractivity contribution is 6.35. The summed E-state index contributed by atoms with van der Waals surface area (Å²) in [5.74, 6) is 1.47. The number of nitrogens with zero attached hydrogens (tertiary/aromatic N) is 2. The lowest BCUT2D eigenvalue weighted by molar-refractivity contribution is 0.0946. The highest BCUT2D eigenvalue weighted by Crippen LogP contribution is 2.36. The predicted octanol–water partition coefficient (Wildman–Crippen LogP) is 5.52. The summed E-state index contributed by atoms with van der Waals surface area (Å²) in [6.07, 6.45) is 2.45. The lowest BCUT2D eigenvalue weighted by Crippen LogP contribution is -2.31. The van der Waals surface area contributed by atoms with Crippen molar-refractivity contribution in [1.82, 2.24) is 20.3 Å². The quantitative estimate of drug-likeness (QED) is 0.428. The topological polar surface area (TPSA) is 79.9 Å². The number of nitrogens with one attached hydrogen (secondary N) is 2. The van der Waals surface area contributed by atoms with Crippen LogP contribution >= 0.6 is 23.2 Å². The molecule has 0 saturated heterocycles. The number of hydrogen-bond donors (Lipinski definition) is 2. The standard InChI is InChI=1S/C23H16Cl2N4O2/c24-13-5-6-21(16(25)11-13)31-20-4-2-1-3-14(20)22-26-9-8-18(29-22)19-12-15-17(28-19)7-10-27-23(15)30/h1-6,8-9,11-12,28H,7,10H2,(H,27,30). The van der Waals surface area contributed by atoms with E-state index in [-0.39, 0.29) is 5.91 Å². The van der Waals surface area contributed by atoms with Gasteiger partial charge in [-0.15, -0.1) is 0 Å². The predicted molar refractivity (Wildman–Crippen MR) is 120 cm³/mol. The third-order valence-corrected chi connectivity index (χ3v) is 5.51. The number of amides is 1. The number of rotatable bonds is 4. The number of fused-ring (bicyclic) bond motifs is 1. The molecule has 154 valence electrons. The van der Waals surface area contributed by atoms with Gasteiger partial charge >= 0.3 is 0 Å². The largest absolute Gasteiger partial charge is 0.455 e. The maximum atomic E-state index is 12.1. The van der Waals surface area contributed by atoms with Crippen LogP contribution < -0.4 is 10.1 Å². The van der Waals surface area contributed by atoms with Crippen LogP contribution in [0.2, 0.25) is 10.0 Å². The van der Waals surface area contributed by atoms with Crippen molar-refractivity contribution in [2.75, 3.05) is 6.54 Å². The Balaban J connectivity index is 1.52. The van der Waals surface area contributed by atoms with Crippen LogP contribution in [0, 0.1) is 0 Å². The number of benzene rings is 2. The molecule has 5 rings (SSSR count). The summed E-state index contributed by atoms with van der Waals surface area (Å²) in [6.45, 7) is 0.624. The van der Waals surface area contributed by atoms with Crippen molar-refractivity contribution in [3.05, 3.63) is 82.1 Å². The van der Waals surface area contributed by atoms with E-state index in [9.17, 15) is 4.79 Å². The van der Waals surface area contributed by atoms with Crippen LogP contribution in [0.1, 0.15) is 16.1 Å². The van der Waals surface area contributed by atoms with Gasteiger partial charge in [-0.25, -0.2) is 9.97 Å². The Labute approximate surface area is 188 Å². The van der Waals surface area contributed by atoms with Gasteiger partial charge in [-0.2, -0.15) is 0 Å². The van der Waals surface area contributed by atoms with E-state index in [1.54, 1.807) is 30.5 Å². The van der Waals surface area contributed by atoms with Crippen molar-refractivity contribution in [3.8, 4) is 34.3 Å². The molecule has 3 heterocycles. The zero-order chi connectivity index (χ0) is 21.4. The molecule has 31 heavy (non-hydrogen) atoms. The number of carbonyl (C=O) groups excluding carboxylic acids is 1. The van der Waals surface area contributed by atoms with Gasteiger partial charge in [-0.3, -0.25) is 4.79 Å². The summed E-state index contributed by atoms with van der Waals surface area (Å²) >= 11 is 12.2. The molecule has 4 aromatic rings. The number of halogens is 2. The van der Waals surface area contributed by atoms with E-state index in [0.717, 1.165) is 17.8 Å². The maximum absolute atomic E-state index is 12.1. The van der Waals surface area contributed by atoms with Crippen LogP contribution in [0.4, 0.5) is 0 Å². The minimum Gasteiger partial charge on any atom is -0.455 e. The molecule has 1 aliphatic rings. The summed E-state index contributed by atoms with van der Waals surface area (Å²) in [5, 5.41) is 3.79. The number of aromatic amines is 1. The first-order valence-corrected chi connectivity index (χ1v) is 10.4. The average molecular weight is 451 g/mol. The van der Waals surface area contributed by atoms with Gasteiger partial charge in [0, 0.05) is 29.9 Å². The van der Waals surface area contributed by atoms with E-state index in [4.69, 9.17) is 32.9 Å². The molecule has 1 aliphatic heterocycles. The van der Waals surface area contributed by atoms with Gasteiger partial charge in [0.2, 0.25) is 0 Å². The normalized spacial score (nSPS) is 12.9. The fourth-order valence-corrected chi connectivity index (χ4v) is 3.93. The summed E-state index contributed by atoms with van der Waals surface area (Å²) in [6, 6.07) is 16.1. The SMILES string of the molecule is O=C1NCCc2[nH]c(-c3ccnc(-c4ccccc4Oc4ccc(Cl)cc4Cl)n3)cc21. The Morgan fingerprint density at radius 2 is 1.84 bits per heavy atom. The minimum atomic E-state index is -0.0726. The third-order valence-electron chi connectivity index (χ3n) is 4.98. The summed E-state index contributed by atoms with van der Waals surface area (Å²) in [5.41, 5.74) is 3.74. The van der Waals surface area contributed by atoms with Gasteiger partial charge in [-0.1, -0.05) is 35.3 Å². The van der Waals surface area contributed by atoms with Gasteiger partial charge in [0.15, 0.2) is 5.82 Å². The molecule has 8 heteroatoms. The second-order valence-corrected chi connectivity index (χ2v) is 7.86. The van der Waals surface area contributed by atoms with Crippen LogP contribution in [0.15, 0.2) is 60.8 Å². The molecule has 2 N–H and O–H groups in total. The van der Waals surface area contributed by atoms with Crippen molar-refractivity contribution < 1.29 is 9.53 Å². The molecule has 0 aliphatic carbocycles. The highest BCUT2D eigenvalue weighted by Gasteiger charge is 2.21. The first-order chi connectivity index (χ1) is 15.1. The number of H-pyrrole nitrogens is 1. The molecule has 1 amide bonds. The van der Waals surface area contributed by atoms with Crippen LogP contribution in [-0.2, 0) is 6.42 Å². The third kappa shape index (κ3) is 3.87. The fourth-order valence-electron chi connectivity index (χ4n) is 3.49. The first kappa shape index (κ1) is 19.6. The smallest absolute Gasteiger partial charge is 0.253 e.